The Balaban J connectivity index is 1.90. The Bertz CT molecular complexity index is 855. The second-order valence-corrected chi connectivity index (χ2v) is 7.72. The van der Waals surface area contributed by atoms with Gasteiger partial charge >= 0.3 is 6.18 Å². The molecular formula is C13H16F3N5O2S. The minimum Gasteiger partial charge on any atom is -0.274 e. The lowest BCUT2D eigenvalue weighted by atomic mass is 10.3. The third-order valence-corrected chi connectivity index (χ3v) is 5.78. The van der Waals surface area contributed by atoms with Crippen LogP contribution < -0.4 is 0 Å². The zero-order valence-corrected chi connectivity index (χ0v) is 13.8. The highest BCUT2D eigenvalue weighted by Crippen LogP contribution is 2.35. The Morgan fingerprint density at radius 3 is 2.58 bits per heavy atom. The van der Waals surface area contributed by atoms with Gasteiger partial charge in [0.1, 0.15) is 4.90 Å². The molecule has 1 aliphatic rings. The van der Waals surface area contributed by atoms with E-state index in [1.165, 1.54) is 7.05 Å². The first-order chi connectivity index (χ1) is 11.1. The van der Waals surface area contributed by atoms with Crippen molar-refractivity contribution in [2.24, 2.45) is 7.05 Å². The van der Waals surface area contributed by atoms with Gasteiger partial charge in [0.15, 0.2) is 5.69 Å². The van der Waals surface area contributed by atoms with Gasteiger partial charge in [0.05, 0.1) is 12.2 Å². The van der Waals surface area contributed by atoms with E-state index in [-0.39, 0.29) is 19.1 Å². The van der Waals surface area contributed by atoms with Crippen molar-refractivity contribution in [1.82, 2.24) is 23.9 Å². The Hall–Kier alpha value is -1.88. The maximum Gasteiger partial charge on any atom is 0.436 e. The first-order valence-electron chi connectivity index (χ1n) is 7.21. The molecule has 0 amide bonds. The molecule has 24 heavy (non-hydrogen) atoms. The number of sulfonamides is 1. The molecule has 3 rings (SSSR count). The van der Waals surface area contributed by atoms with Gasteiger partial charge in [0.2, 0.25) is 10.0 Å². The zero-order chi connectivity index (χ0) is 17.7. The van der Waals surface area contributed by atoms with Gasteiger partial charge in [-0.05, 0) is 18.9 Å². The van der Waals surface area contributed by atoms with E-state index in [2.05, 4.69) is 10.2 Å². The summed E-state index contributed by atoms with van der Waals surface area (Å²) in [7, 11) is -3.02. The highest BCUT2D eigenvalue weighted by atomic mass is 32.2. The number of rotatable bonds is 3. The van der Waals surface area contributed by atoms with Crippen molar-refractivity contribution in [3.63, 3.8) is 0 Å². The lowest BCUT2D eigenvalue weighted by molar-refractivity contribution is -0.143. The van der Waals surface area contributed by atoms with E-state index < -0.39 is 26.8 Å². The molecule has 0 aromatic carbocycles. The third kappa shape index (κ3) is 2.93. The second kappa shape index (κ2) is 5.59. The van der Waals surface area contributed by atoms with Crippen LogP contribution in [0.1, 0.15) is 23.7 Å². The van der Waals surface area contributed by atoms with E-state index in [0.717, 1.165) is 20.7 Å². The summed E-state index contributed by atoms with van der Waals surface area (Å²) in [5.41, 5.74) is -0.452. The van der Waals surface area contributed by atoms with Crippen molar-refractivity contribution in [2.45, 2.75) is 30.5 Å². The summed E-state index contributed by atoms with van der Waals surface area (Å²) in [5, 5.41) is 7.42. The summed E-state index contributed by atoms with van der Waals surface area (Å²) in [6.45, 7) is 2.08. The Morgan fingerprint density at radius 1 is 1.29 bits per heavy atom. The van der Waals surface area contributed by atoms with E-state index in [1.807, 2.05) is 6.92 Å². The molecule has 2 aromatic heterocycles. The van der Waals surface area contributed by atoms with E-state index in [4.69, 9.17) is 0 Å². The molecule has 3 heterocycles. The number of nitrogens with zero attached hydrogens (tertiary/aromatic N) is 5. The number of alkyl halides is 3. The van der Waals surface area contributed by atoms with E-state index in [1.54, 1.807) is 17.1 Å². The molecule has 0 aliphatic carbocycles. The molecule has 132 valence electrons. The summed E-state index contributed by atoms with van der Waals surface area (Å²) >= 11 is 0. The van der Waals surface area contributed by atoms with Crippen LogP contribution in [0, 0.1) is 6.92 Å². The summed E-state index contributed by atoms with van der Waals surface area (Å²) in [6, 6.07) is -0.195. The Morgan fingerprint density at radius 2 is 2.00 bits per heavy atom. The van der Waals surface area contributed by atoms with Gasteiger partial charge in [0.25, 0.3) is 0 Å². The Kier molecular flexibility index (Phi) is 3.95. The highest BCUT2D eigenvalue weighted by Gasteiger charge is 2.44. The number of hydrogen-bond acceptors (Lipinski definition) is 4. The van der Waals surface area contributed by atoms with Gasteiger partial charge in [0, 0.05) is 32.5 Å². The lowest BCUT2D eigenvalue weighted by Crippen LogP contribution is -2.30. The van der Waals surface area contributed by atoms with Gasteiger partial charge < -0.3 is 0 Å². The largest absolute Gasteiger partial charge is 0.436 e. The highest BCUT2D eigenvalue weighted by molar-refractivity contribution is 7.89. The quantitative estimate of drug-likeness (QED) is 0.830. The van der Waals surface area contributed by atoms with Crippen LogP contribution in [0.3, 0.4) is 0 Å². The van der Waals surface area contributed by atoms with Crippen molar-refractivity contribution in [3.05, 3.63) is 29.8 Å². The Labute approximate surface area is 136 Å². The first-order valence-corrected chi connectivity index (χ1v) is 8.65. The maximum atomic E-state index is 13.1. The summed E-state index contributed by atoms with van der Waals surface area (Å²) in [4.78, 5) is -0.810. The molecule has 1 unspecified atom stereocenters. The fourth-order valence-electron chi connectivity index (χ4n) is 2.77. The zero-order valence-electron chi connectivity index (χ0n) is 13.0. The van der Waals surface area contributed by atoms with Crippen LogP contribution in [0.5, 0.6) is 0 Å². The molecule has 11 heteroatoms. The second-order valence-electron chi connectivity index (χ2n) is 5.82. The van der Waals surface area contributed by atoms with Crippen molar-refractivity contribution < 1.29 is 21.6 Å². The summed E-state index contributed by atoms with van der Waals surface area (Å²) in [5.74, 6) is 0. The normalized spacial score (nSPS) is 20.0. The molecule has 1 saturated heterocycles. The van der Waals surface area contributed by atoms with Crippen LogP contribution in [0.15, 0.2) is 23.5 Å². The molecule has 0 saturated carbocycles. The van der Waals surface area contributed by atoms with E-state index >= 15 is 0 Å². The topological polar surface area (TPSA) is 73.0 Å². The smallest absolute Gasteiger partial charge is 0.274 e. The van der Waals surface area contributed by atoms with E-state index in [0.29, 0.717) is 6.42 Å². The van der Waals surface area contributed by atoms with Gasteiger partial charge in [-0.2, -0.15) is 27.7 Å². The van der Waals surface area contributed by atoms with Gasteiger partial charge in [-0.15, -0.1) is 0 Å². The molecule has 7 nitrogen and oxygen atoms in total. The minimum absolute atomic E-state index is 0.0790. The number of aryl methyl sites for hydroxylation is 2. The molecular weight excluding hydrogens is 347 g/mol. The molecule has 1 fully saturated rings. The predicted molar refractivity (Wildman–Crippen MR) is 77.6 cm³/mol. The molecule has 2 aromatic rings. The predicted octanol–water partition coefficient (Wildman–Crippen LogP) is 1.58. The fraction of sp³-hybridized carbons (Fsp3) is 0.538. The van der Waals surface area contributed by atoms with Gasteiger partial charge in [-0.25, -0.2) is 8.42 Å². The van der Waals surface area contributed by atoms with Crippen LogP contribution >= 0.6 is 0 Å². The number of hydrogen-bond donors (Lipinski definition) is 0. The van der Waals surface area contributed by atoms with Crippen LogP contribution in [-0.4, -0.2) is 45.4 Å². The molecule has 0 bridgehead atoms. The molecule has 1 aliphatic heterocycles. The maximum absolute atomic E-state index is 13.1. The lowest BCUT2D eigenvalue weighted by Gasteiger charge is -2.17. The minimum atomic E-state index is -4.83. The average Bonchev–Trinajstić information content (AvgIpc) is 3.15. The van der Waals surface area contributed by atoms with Crippen LogP contribution in [-0.2, 0) is 23.2 Å². The van der Waals surface area contributed by atoms with Gasteiger partial charge in [-0.1, -0.05) is 0 Å². The van der Waals surface area contributed by atoms with Crippen LogP contribution in [0.4, 0.5) is 13.2 Å². The first kappa shape index (κ1) is 17.0. The monoisotopic (exact) mass is 363 g/mol. The SMILES string of the molecule is Cc1cnn(C2CCN(S(=O)(=O)c3cn(C)nc3C(F)(F)F)C2)c1. The number of halogens is 3. The standard InChI is InChI=1S/C13H16F3N5O2S/c1-9-5-17-21(6-9)10-3-4-20(7-10)24(22,23)11-8-19(2)18-12(11)13(14,15)16/h5-6,8,10H,3-4,7H2,1-2H3. The molecule has 0 radical (unpaired) electrons. The van der Waals surface area contributed by atoms with Crippen LogP contribution in [0.25, 0.3) is 0 Å². The third-order valence-electron chi connectivity index (χ3n) is 3.91. The van der Waals surface area contributed by atoms with Gasteiger partial charge in [-0.3, -0.25) is 9.36 Å². The van der Waals surface area contributed by atoms with Crippen LogP contribution in [0.2, 0.25) is 0 Å². The average molecular weight is 363 g/mol. The molecule has 0 spiro atoms. The van der Waals surface area contributed by atoms with Crippen molar-refractivity contribution >= 4 is 10.0 Å². The number of aromatic nitrogens is 4. The summed E-state index contributed by atoms with van der Waals surface area (Å²) < 4.78 is 68.0. The van der Waals surface area contributed by atoms with E-state index in [9.17, 15) is 21.6 Å². The van der Waals surface area contributed by atoms with Crippen molar-refractivity contribution in [3.8, 4) is 0 Å². The molecule has 1 atom stereocenters. The van der Waals surface area contributed by atoms with Crippen molar-refractivity contribution in [2.75, 3.05) is 13.1 Å². The fourth-order valence-corrected chi connectivity index (χ4v) is 4.45. The summed E-state index contributed by atoms with van der Waals surface area (Å²) in [6.07, 6.45) is -0.0145. The van der Waals surface area contributed by atoms with Crippen molar-refractivity contribution in [1.29, 1.82) is 0 Å². The molecule has 0 N–H and O–H groups in total.